The van der Waals surface area contributed by atoms with Gasteiger partial charge in [-0.15, -0.1) is 0 Å². The second kappa shape index (κ2) is 6.38. The highest BCUT2D eigenvalue weighted by atomic mass is 19.4. The van der Waals surface area contributed by atoms with Crippen molar-refractivity contribution in [2.45, 2.75) is 19.6 Å². The third-order valence-corrected chi connectivity index (χ3v) is 3.59. The first-order valence-electron chi connectivity index (χ1n) is 6.89. The number of anilines is 2. The molecule has 0 aliphatic rings. The fourth-order valence-corrected chi connectivity index (χ4v) is 2.18. The Labute approximate surface area is 135 Å². The molecule has 24 heavy (non-hydrogen) atoms. The standard InChI is InChI=1S/C16H15F4N3O/c1-8-2-5-13(21)14(22)10(8)7-23-15(24)9-3-4-11(12(17)6-9)16(18,19)20/h2-6H,7,21-22H2,1H3,(H,23,24). The number of nitrogens with two attached hydrogens (primary N) is 2. The van der Waals surface area contributed by atoms with Gasteiger partial charge in [0, 0.05) is 12.1 Å². The van der Waals surface area contributed by atoms with E-state index >= 15 is 0 Å². The van der Waals surface area contributed by atoms with Crippen LogP contribution in [0.1, 0.15) is 27.0 Å². The van der Waals surface area contributed by atoms with E-state index in [0.717, 1.165) is 11.6 Å². The number of alkyl halides is 3. The van der Waals surface area contributed by atoms with Crippen molar-refractivity contribution in [1.82, 2.24) is 5.32 Å². The summed E-state index contributed by atoms with van der Waals surface area (Å²) in [6, 6.07) is 5.35. The first kappa shape index (κ1) is 17.6. The van der Waals surface area contributed by atoms with Crippen LogP contribution in [0.3, 0.4) is 0 Å². The van der Waals surface area contributed by atoms with Crippen LogP contribution in [0, 0.1) is 12.7 Å². The summed E-state index contributed by atoms with van der Waals surface area (Å²) in [5, 5.41) is 2.49. The van der Waals surface area contributed by atoms with Gasteiger partial charge >= 0.3 is 6.18 Å². The molecule has 5 N–H and O–H groups in total. The van der Waals surface area contributed by atoms with Crippen LogP contribution < -0.4 is 16.8 Å². The van der Waals surface area contributed by atoms with Crippen molar-refractivity contribution in [2.75, 3.05) is 11.5 Å². The Morgan fingerprint density at radius 1 is 1.17 bits per heavy atom. The van der Waals surface area contributed by atoms with Crippen molar-refractivity contribution in [3.05, 3.63) is 58.4 Å². The quantitative estimate of drug-likeness (QED) is 0.592. The lowest BCUT2D eigenvalue weighted by atomic mass is 10.0. The molecule has 0 saturated carbocycles. The molecule has 0 saturated heterocycles. The number of nitrogens with one attached hydrogen (secondary N) is 1. The van der Waals surface area contributed by atoms with Gasteiger partial charge in [0.05, 0.1) is 16.9 Å². The van der Waals surface area contributed by atoms with Gasteiger partial charge in [0.2, 0.25) is 0 Å². The first-order chi connectivity index (χ1) is 11.1. The summed E-state index contributed by atoms with van der Waals surface area (Å²) in [7, 11) is 0. The van der Waals surface area contributed by atoms with Gasteiger partial charge in [-0.25, -0.2) is 4.39 Å². The molecule has 2 rings (SSSR count). The summed E-state index contributed by atoms with van der Waals surface area (Å²) in [5.74, 6) is -2.22. The van der Waals surface area contributed by atoms with Gasteiger partial charge < -0.3 is 16.8 Å². The number of hydrogen-bond donors (Lipinski definition) is 3. The Hall–Kier alpha value is -2.77. The minimum atomic E-state index is -4.81. The maximum absolute atomic E-state index is 13.5. The Balaban J connectivity index is 2.17. The van der Waals surface area contributed by atoms with E-state index in [9.17, 15) is 22.4 Å². The van der Waals surface area contributed by atoms with Gasteiger partial charge in [-0.3, -0.25) is 4.79 Å². The average Bonchev–Trinajstić information content (AvgIpc) is 2.49. The molecule has 2 aromatic carbocycles. The number of aryl methyl sites for hydroxylation is 1. The zero-order valence-corrected chi connectivity index (χ0v) is 12.7. The van der Waals surface area contributed by atoms with Crippen molar-refractivity contribution >= 4 is 17.3 Å². The zero-order chi connectivity index (χ0) is 18.1. The lowest BCUT2D eigenvalue weighted by molar-refractivity contribution is -0.140. The van der Waals surface area contributed by atoms with Crippen LogP contribution in [0.4, 0.5) is 28.9 Å². The Morgan fingerprint density at radius 3 is 2.42 bits per heavy atom. The van der Waals surface area contributed by atoms with Crippen LogP contribution >= 0.6 is 0 Å². The van der Waals surface area contributed by atoms with Gasteiger partial charge in [0.15, 0.2) is 0 Å². The van der Waals surface area contributed by atoms with Gasteiger partial charge in [-0.2, -0.15) is 13.2 Å². The molecular weight excluding hydrogens is 326 g/mol. The summed E-state index contributed by atoms with van der Waals surface area (Å²) >= 11 is 0. The van der Waals surface area contributed by atoms with E-state index in [4.69, 9.17) is 11.5 Å². The molecule has 0 atom stereocenters. The lowest BCUT2D eigenvalue weighted by Gasteiger charge is -2.13. The number of amides is 1. The monoisotopic (exact) mass is 341 g/mol. The van der Waals surface area contributed by atoms with E-state index < -0.39 is 23.5 Å². The molecule has 0 spiro atoms. The molecule has 128 valence electrons. The highest BCUT2D eigenvalue weighted by Crippen LogP contribution is 2.31. The smallest absolute Gasteiger partial charge is 0.397 e. The van der Waals surface area contributed by atoms with Crippen molar-refractivity contribution in [3.8, 4) is 0 Å². The van der Waals surface area contributed by atoms with Gasteiger partial charge in [-0.1, -0.05) is 6.07 Å². The number of benzene rings is 2. The molecular formula is C16H15F4N3O. The third kappa shape index (κ3) is 3.58. The summed E-state index contributed by atoms with van der Waals surface area (Å²) in [6.45, 7) is 1.79. The molecule has 8 heteroatoms. The molecule has 0 aromatic heterocycles. The summed E-state index contributed by atoms with van der Waals surface area (Å²) < 4.78 is 51.0. The Bertz CT molecular complexity index is 788. The summed E-state index contributed by atoms with van der Waals surface area (Å²) in [6.07, 6.45) is -4.81. The highest BCUT2D eigenvalue weighted by Gasteiger charge is 2.34. The SMILES string of the molecule is Cc1ccc(N)c(N)c1CNC(=O)c1ccc(C(F)(F)F)c(F)c1. The van der Waals surface area contributed by atoms with Crippen molar-refractivity contribution in [1.29, 1.82) is 0 Å². The average molecular weight is 341 g/mol. The third-order valence-electron chi connectivity index (χ3n) is 3.59. The number of rotatable bonds is 3. The number of halogens is 4. The van der Waals surface area contributed by atoms with Crippen LogP contribution in [0.15, 0.2) is 30.3 Å². The minimum Gasteiger partial charge on any atom is -0.397 e. The maximum Gasteiger partial charge on any atom is 0.419 e. The number of carbonyl (C=O) groups is 1. The van der Waals surface area contributed by atoms with Crippen molar-refractivity contribution in [2.24, 2.45) is 0 Å². The van der Waals surface area contributed by atoms with Crippen LogP contribution in [-0.2, 0) is 12.7 Å². The molecule has 2 aromatic rings. The molecule has 1 amide bonds. The molecule has 0 aliphatic heterocycles. The number of carbonyl (C=O) groups excluding carboxylic acids is 1. The summed E-state index contributed by atoms with van der Waals surface area (Å²) in [5.41, 5.74) is 11.9. The molecule has 0 heterocycles. The predicted molar refractivity (Wildman–Crippen MR) is 82.6 cm³/mol. The van der Waals surface area contributed by atoms with Crippen LogP contribution in [-0.4, -0.2) is 5.91 Å². The number of nitrogen functional groups attached to an aromatic ring is 2. The second-order valence-corrected chi connectivity index (χ2v) is 5.24. The van der Waals surface area contributed by atoms with Gasteiger partial charge in [-0.05, 0) is 42.3 Å². The largest absolute Gasteiger partial charge is 0.419 e. The predicted octanol–water partition coefficient (Wildman–Crippen LogP) is 3.25. The van der Waals surface area contributed by atoms with Gasteiger partial charge in [0.1, 0.15) is 5.82 Å². The first-order valence-corrected chi connectivity index (χ1v) is 6.89. The van der Waals surface area contributed by atoms with Crippen LogP contribution in [0.25, 0.3) is 0 Å². The van der Waals surface area contributed by atoms with Crippen LogP contribution in [0.2, 0.25) is 0 Å². The Morgan fingerprint density at radius 2 is 1.83 bits per heavy atom. The van der Waals surface area contributed by atoms with Crippen LogP contribution in [0.5, 0.6) is 0 Å². The fourth-order valence-electron chi connectivity index (χ4n) is 2.18. The second-order valence-electron chi connectivity index (χ2n) is 5.24. The molecule has 0 radical (unpaired) electrons. The molecule has 0 aliphatic carbocycles. The van der Waals surface area contributed by atoms with E-state index in [1.54, 1.807) is 19.1 Å². The molecule has 0 fully saturated rings. The van der Waals surface area contributed by atoms with E-state index in [2.05, 4.69) is 5.32 Å². The van der Waals surface area contributed by atoms with E-state index in [1.165, 1.54) is 0 Å². The van der Waals surface area contributed by atoms with E-state index in [-0.39, 0.29) is 12.1 Å². The molecule has 0 bridgehead atoms. The normalized spacial score (nSPS) is 11.4. The number of hydrogen-bond acceptors (Lipinski definition) is 3. The zero-order valence-electron chi connectivity index (χ0n) is 12.7. The highest BCUT2D eigenvalue weighted by molar-refractivity contribution is 5.94. The minimum absolute atomic E-state index is 0.0180. The molecule has 4 nitrogen and oxygen atoms in total. The van der Waals surface area contributed by atoms with E-state index in [1.807, 2.05) is 0 Å². The van der Waals surface area contributed by atoms with Gasteiger partial charge in [0.25, 0.3) is 5.91 Å². The van der Waals surface area contributed by atoms with E-state index in [0.29, 0.717) is 29.1 Å². The van der Waals surface area contributed by atoms with Crippen molar-refractivity contribution < 1.29 is 22.4 Å². The maximum atomic E-state index is 13.5. The van der Waals surface area contributed by atoms with Crippen molar-refractivity contribution in [3.63, 3.8) is 0 Å². The topological polar surface area (TPSA) is 81.1 Å². The summed E-state index contributed by atoms with van der Waals surface area (Å²) in [4.78, 5) is 12.0. The lowest BCUT2D eigenvalue weighted by Crippen LogP contribution is -2.24. The Kier molecular flexibility index (Phi) is 4.68. The molecule has 0 unspecified atom stereocenters. The fraction of sp³-hybridized carbons (Fsp3) is 0.188.